The molecule has 0 aromatic heterocycles. The van der Waals surface area contributed by atoms with Gasteiger partial charge in [-0.3, -0.25) is 9.59 Å². The van der Waals surface area contributed by atoms with E-state index in [1.54, 1.807) is 0 Å². The molecule has 56 heavy (non-hydrogen) atoms. The van der Waals surface area contributed by atoms with Crippen LogP contribution < -0.4 is 0 Å². The first-order chi connectivity index (χ1) is 27.0. The first kappa shape index (κ1) is 38.5. The Kier molecular flexibility index (Phi) is 10.3. The highest BCUT2D eigenvalue weighted by molar-refractivity contribution is 5.81. The highest BCUT2D eigenvalue weighted by atomic mass is 16.7. The molecule has 1 spiro atoms. The van der Waals surface area contributed by atoms with Crippen LogP contribution in [0.1, 0.15) is 109 Å². The topological polar surface area (TPSA) is 65.1 Å². The van der Waals surface area contributed by atoms with E-state index >= 15 is 0 Å². The summed E-state index contributed by atoms with van der Waals surface area (Å²) in [5, 5.41) is 0. The number of quaternary nitrogens is 1. The summed E-state index contributed by atoms with van der Waals surface area (Å²) in [5.41, 5.74) is 4.68. The number of hydrogen-bond acceptors (Lipinski definition) is 5. The summed E-state index contributed by atoms with van der Waals surface area (Å²) in [6.07, 6.45) is 13.2. The number of allylic oxidation sites excluding steroid dienone is 1. The lowest BCUT2D eigenvalue weighted by atomic mass is 9.47. The van der Waals surface area contributed by atoms with Gasteiger partial charge in [0.1, 0.15) is 19.2 Å². The maximum atomic E-state index is 13.4. The third-order valence-electron chi connectivity index (χ3n) is 16.9. The minimum Gasteiger partial charge on any atom is -0.462 e. The van der Waals surface area contributed by atoms with Crippen molar-refractivity contribution in [2.24, 2.45) is 46.3 Å². The zero-order valence-electron chi connectivity index (χ0n) is 34.6. The van der Waals surface area contributed by atoms with Crippen molar-refractivity contribution in [3.05, 3.63) is 83.4 Å². The summed E-state index contributed by atoms with van der Waals surface area (Å²) < 4.78 is 20.6. The Labute approximate surface area is 336 Å². The number of fused-ring (bicyclic) bond motifs is 7. The Bertz CT molecular complexity index is 1720. The molecule has 4 aliphatic carbocycles. The molecule has 302 valence electrons. The number of piperazine rings is 1. The van der Waals surface area contributed by atoms with Crippen LogP contribution >= 0.6 is 0 Å². The second kappa shape index (κ2) is 15.0. The van der Waals surface area contributed by atoms with Crippen molar-refractivity contribution in [1.82, 2.24) is 4.90 Å². The van der Waals surface area contributed by atoms with Gasteiger partial charge in [-0.1, -0.05) is 100 Å². The van der Waals surface area contributed by atoms with Crippen LogP contribution in [0.4, 0.5) is 0 Å². The highest BCUT2D eigenvalue weighted by Crippen LogP contribution is 2.70. The van der Waals surface area contributed by atoms with Gasteiger partial charge in [0.25, 0.3) is 0 Å². The molecule has 2 aromatic rings. The standard InChI is InChI=1S/C49H67N2O5/c1-34-19-24-49(54-33-34)35(2)46-43(56-49)30-42-40-16-15-38-29-39(20-22-47(38,3)41(40)21-23-48(42,46)4)55-45(53)18-17-44(52)50-25-27-51(28-26-50,31-36-11-7-5-8-12-36)32-37-13-9-6-10-14-37/h5-15,34-35,39-43,46H,16-33H2,1-4H3/q+1/t34-,35+,39+,40-,41+,42+,43+,46+,47+,48+,49-/m1/s1. The second-order valence-electron chi connectivity index (χ2n) is 20.1. The Hall–Kier alpha value is -3.00. The minimum atomic E-state index is -0.354. The third kappa shape index (κ3) is 6.89. The van der Waals surface area contributed by atoms with Crippen LogP contribution in [0, 0.1) is 46.3 Å². The van der Waals surface area contributed by atoms with Crippen LogP contribution in [0.2, 0.25) is 0 Å². The van der Waals surface area contributed by atoms with E-state index in [0.29, 0.717) is 60.1 Å². The molecule has 3 saturated carbocycles. The number of amides is 1. The fraction of sp³-hybridized carbons (Fsp3) is 0.673. The third-order valence-corrected chi connectivity index (χ3v) is 16.9. The van der Waals surface area contributed by atoms with E-state index in [9.17, 15) is 9.59 Å². The SMILES string of the molecule is C[C@@H]1CC[C@@]2(OC1)O[C@H]1C[C@H]3[C@@H]4CC=C5C[C@@H](OC(=O)CCC(=O)N6CC[N+](Cc7ccccc7)(Cc7ccccc7)CC6)CC[C@]5(C)[C@H]4CC[C@]3(C)[C@H]1[C@@H]2C. The number of hydrogen-bond donors (Lipinski definition) is 0. The molecule has 0 unspecified atom stereocenters. The molecule has 0 radical (unpaired) electrons. The average molecular weight is 764 g/mol. The molecule has 7 aliphatic rings. The van der Waals surface area contributed by atoms with E-state index in [2.05, 4.69) is 94.4 Å². The predicted octanol–water partition coefficient (Wildman–Crippen LogP) is 9.10. The van der Waals surface area contributed by atoms with Crippen molar-refractivity contribution in [2.75, 3.05) is 32.8 Å². The first-order valence-corrected chi connectivity index (χ1v) is 22.4. The first-order valence-electron chi connectivity index (χ1n) is 22.4. The van der Waals surface area contributed by atoms with Gasteiger partial charge in [-0.2, -0.15) is 0 Å². The van der Waals surface area contributed by atoms with E-state index in [4.69, 9.17) is 14.2 Å². The lowest BCUT2D eigenvalue weighted by Gasteiger charge is -2.58. The molecule has 3 aliphatic heterocycles. The van der Waals surface area contributed by atoms with Gasteiger partial charge in [0.05, 0.1) is 45.3 Å². The zero-order valence-corrected chi connectivity index (χ0v) is 34.6. The Morgan fingerprint density at radius 2 is 1.55 bits per heavy atom. The maximum Gasteiger partial charge on any atom is 0.306 e. The molecule has 9 rings (SSSR count). The van der Waals surface area contributed by atoms with Gasteiger partial charge < -0.3 is 23.6 Å². The number of esters is 1. The predicted molar refractivity (Wildman–Crippen MR) is 218 cm³/mol. The number of carbonyl (C=O) groups excluding carboxylic acids is 2. The van der Waals surface area contributed by atoms with E-state index in [-0.39, 0.29) is 42.0 Å². The van der Waals surface area contributed by atoms with Gasteiger partial charge in [-0.25, -0.2) is 0 Å². The minimum absolute atomic E-state index is 0.0765. The lowest BCUT2D eigenvalue weighted by molar-refractivity contribution is -0.956. The van der Waals surface area contributed by atoms with E-state index in [0.717, 1.165) is 69.4 Å². The average Bonchev–Trinajstić information content (AvgIpc) is 3.65. The fourth-order valence-corrected chi connectivity index (χ4v) is 13.8. The van der Waals surface area contributed by atoms with Crippen LogP contribution in [-0.4, -0.2) is 72.0 Å². The van der Waals surface area contributed by atoms with Crippen molar-refractivity contribution in [2.45, 2.75) is 129 Å². The van der Waals surface area contributed by atoms with Gasteiger partial charge in [0.15, 0.2) is 5.79 Å². The quantitative estimate of drug-likeness (QED) is 0.153. The Morgan fingerprint density at radius 3 is 2.21 bits per heavy atom. The number of ether oxygens (including phenoxy) is 3. The summed E-state index contributed by atoms with van der Waals surface area (Å²) in [6, 6.07) is 21.4. The van der Waals surface area contributed by atoms with Crippen molar-refractivity contribution in [1.29, 1.82) is 0 Å². The van der Waals surface area contributed by atoms with Gasteiger partial charge in [0, 0.05) is 36.3 Å². The number of benzene rings is 2. The van der Waals surface area contributed by atoms with E-state index in [1.807, 2.05) is 4.90 Å². The molecule has 6 fully saturated rings. The number of nitrogens with zero attached hydrogens (tertiary/aromatic N) is 2. The van der Waals surface area contributed by atoms with Gasteiger partial charge >= 0.3 is 5.97 Å². The monoisotopic (exact) mass is 764 g/mol. The van der Waals surface area contributed by atoms with Crippen LogP contribution in [0.25, 0.3) is 0 Å². The Morgan fingerprint density at radius 1 is 0.857 bits per heavy atom. The van der Waals surface area contributed by atoms with Crippen LogP contribution in [0.3, 0.4) is 0 Å². The van der Waals surface area contributed by atoms with Crippen LogP contribution in [0.5, 0.6) is 0 Å². The lowest BCUT2D eigenvalue weighted by Crippen LogP contribution is -2.59. The molecule has 0 bridgehead atoms. The molecular weight excluding hydrogens is 697 g/mol. The number of rotatable bonds is 8. The Balaban J connectivity index is 0.773. The van der Waals surface area contributed by atoms with Gasteiger partial charge in [0.2, 0.25) is 5.91 Å². The zero-order chi connectivity index (χ0) is 38.7. The molecule has 7 heteroatoms. The van der Waals surface area contributed by atoms with Crippen LogP contribution in [-0.2, 0) is 36.9 Å². The maximum absolute atomic E-state index is 13.4. The van der Waals surface area contributed by atoms with Gasteiger partial charge in [-0.15, -0.1) is 0 Å². The second-order valence-corrected chi connectivity index (χ2v) is 20.1. The molecule has 0 N–H and O–H groups in total. The fourth-order valence-electron chi connectivity index (χ4n) is 13.8. The normalized spacial score (nSPS) is 39.9. The molecule has 2 aromatic carbocycles. The molecule has 3 heterocycles. The number of carbonyl (C=O) groups is 2. The molecule has 1 amide bonds. The van der Waals surface area contributed by atoms with Crippen molar-refractivity contribution >= 4 is 11.9 Å². The summed E-state index contributed by atoms with van der Waals surface area (Å²) in [4.78, 5) is 28.7. The van der Waals surface area contributed by atoms with E-state index in [1.165, 1.54) is 42.4 Å². The van der Waals surface area contributed by atoms with Crippen LogP contribution in [0.15, 0.2) is 72.3 Å². The van der Waals surface area contributed by atoms with Crippen molar-refractivity contribution < 1.29 is 28.3 Å². The smallest absolute Gasteiger partial charge is 0.306 e. The molecular formula is C49H67N2O5+. The largest absolute Gasteiger partial charge is 0.462 e. The summed E-state index contributed by atoms with van der Waals surface area (Å²) >= 11 is 0. The van der Waals surface area contributed by atoms with Gasteiger partial charge in [-0.05, 0) is 85.4 Å². The van der Waals surface area contributed by atoms with E-state index < -0.39 is 0 Å². The summed E-state index contributed by atoms with van der Waals surface area (Å²) in [5.74, 6) is 3.26. The van der Waals surface area contributed by atoms with Crippen molar-refractivity contribution in [3.63, 3.8) is 0 Å². The summed E-state index contributed by atoms with van der Waals surface area (Å²) in [7, 11) is 0. The molecule has 3 saturated heterocycles. The summed E-state index contributed by atoms with van der Waals surface area (Å²) in [6.45, 7) is 15.9. The highest BCUT2D eigenvalue weighted by Gasteiger charge is 2.68. The molecule has 7 nitrogen and oxygen atoms in total. The molecule has 11 atom stereocenters. The van der Waals surface area contributed by atoms with Crippen molar-refractivity contribution in [3.8, 4) is 0 Å².